The molecular formula is C12H20N4S. The molecule has 4 nitrogen and oxygen atoms in total. The lowest BCUT2D eigenvalue weighted by atomic mass is 10.2. The van der Waals surface area contributed by atoms with Gasteiger partial charge in [0.2, 0.25) is 0 Å². The Morgan fingerprint density at radius 1 is 1.53 bits per heavy atom. The number of aromatic nitrogens is 2. The van der Waals surface area contributed by atoms with Crippen LogP contribution in [-0.2, 0) is 6.54 Å². The molecular weight excluding hydrogens is 232 g/mol. The van der Waals surface area contributed by atoms with Crippen LogP contribution in [-0.4, -0.2) is 40.4 Å². The molecule has 1 fully saturated rings. The molecule has 0 aliphatic carbocycles. The predicted molar refractivity (Wildman–Crippen MR) is 74.2 cm³/mol. The fourth-order valence-corrected chi connectivity index (χ4v) is 3.94. The van der Waals surface area contributed by atoms with Crippen LogP contribution in [0.2, 0.25) is 0 Å². The van der Waals surface area contributed by atoms with E-state index in [2.05, 4.69) is 45.6 Å². The largest absolute Gasteiger partial charge is 0.380 e. The van der Waals surface area contributed by atoms with Gasteiger partial charge in [-0.15, -0.1) is 0 Å². The third-order valence-corrected chi connectivity index (χ3v) is 4.77. The van der Waals surface area contributed by atoms with Crippen molar-refractivity contribution in [2.45, 2.75) is 32.9 Å². The van der Waals surface area contributed by atoms with E-state index in [0.29, 0.717) is 6.04 Å². The summed E-state index contributed by atoms with van der Waals surface area (Å²) < 4.78 is 2.16. The standard InChI is InChI=1S/C12H20N4S/c1-3-16-12-11(9(2)14-16)13-5-4-10-8-17-7-6-15(10)12/h10,13H,3-8H2,1-2H3. The first-order chi connectivity index (χ1) is 8.31. The lowest BCUT2D eigenvalue weighted by Gasteiger charge is -2.35. The molecule has 1 saturated heterocycles. The van der Waals surface area contributed by atoms with Crippen molar-refractivity contribution in [3.63, 3.8) is 0 Å². The molecule has 0 bridgehead atoms. The zero-order valence-corrected chi connectivity index (χ0v) is 11.4. The van der Waals surface area contributed by atoms with E-state index in [4.69, 9.17) is 0 Å². The van der Waals surface area contributed by atoms with Crippen molar-refractivity contribution in [2.75, 3.05) is 34.8 Å². The SMILES string of the molecule is CCn1nc(C)c2c1N1CCSCC1CCN2. The van der Waals surface area contributed by atoms with E-state index in [9.17, 15) is 0 Å². The van der Waals surface area contributed by atoms with Crippen LogP contribution in [0.1, 0.15) is 19.0 Å². The normalized spacial score (nSPS) is 23.6. The second-order valence-corrected chi connectivity index (χ2v) is 5.89. The van der Waals surface area contributed by atoms with Crippen LogP contribution in [0.4, 0.5) is 11.5 Å². The number of thioether (sulfide) groups is 1. The first-order valence-electron chi connectivity index (χ1n) is 6.47. The number of anilines is 2. The summed E-state index contributed by atoms with van der Waals surface area (Å²) in [6.07, 6.45) is 1.24. The van der Waals surface area contributed by atoms with E-state index in [1.54, 1.807) is 0 Å². The fraction of sp³-hybridized carbons (Fsp3) is 0.750. The first-order valence-corrected chi connectivity index (χ1v) is 7.62. The molecule has 1 unspecified atom stereocenters. The molecule has 5 heteroatoms. The number of rotatable bonds is 1. The second-order valence-electron chi connectivity index (χ2n) is 4.74. The van der Waals surface area contributed by atoms with Gasteiger partial charge >= 0.3 is 0 Å². The maximum Gasteiger partial charge on any atom is 0.151 e. The molecule has 0 radical (unpaired) electrons. The summed E-state index contributed by atoms with van der Waals surface area (Å²) in [6, 6.07) is 0.684. The minimum Gasteiger partial charge on any atom is -0.380 e. The van der Waals surface area contributed by atoms with Gasteiger partial charge in [-0.05, 0) is 20.3 Å². The topological polar surface area (TPSA) is 33.1 Å². The summed E-state index contributed by atoms with van der Waals surface area (Å²) >= 11 is 2.09. The highest BCUT2D eigenvalue weighted by molar-refractivity contribution is 7.99. The maximum absolute atomic E-state index is 4.65. The van der Waals surface area contributed by atoms with Crippen LogP contribution in [0.15, 0.2) is 0 Å². The van der Waals surface area contributed by atoms with E-state index in [0.717, 1.165) is 25.3 Å². The van der Waals surface area contributed by atoms with Crippen molar-refractivity contribution in [3.05, 3.63) is 5.69 Å². The third-order valence-electron chi connectivity index (χ3n) is 3.68. The van der Waals surface area contributed by atoms with Crippen LogP contribution >= 0.6 is 11.8 Å². The Morgan fingerprint density at radius 3 is 3.24 bits per heavy atom. The van der Waals surface area contributed by atoms with Crippen LogP contribution in [0, 0.1) is 6.92 Å². The molecule has 94 valence electrons. The maximum atomic E-state index is 4.65. The number of nitrogens with zero attached hydrogens (tertiary/aromatic N) is 3. The van der Waals surface area contributed by atoms with Gasteiger partial charge in [0.1, 0.15) is 5.69 Å². The molecule has 1 atom stereocenters. The van der Waals surface area contributed by atoms with Gasteiger partial charge in [0, 0.05) is 37.2 Å². The van der Waals surface area contributed by atoms with Gasteiger partial charge < -0.3 is 10.2 Å². The zero-order valence-electron chi connectivity index (χ0n) is 10.6. The first kappa shape index (κ1) is 11.3. The van der Waals surface area contributed by atoms with Crippen molar-refractivity contribution in [2.24, 2.45) is 0 Å². The Bertz CT molecular complexity index is 415. The molecule has 1 aromatic rings. The number of fused-ring (bicyclic) bond motifs is 3. The minimum absolute atomic E-state index is 0.684. The Labute approximate surface area is 107 Å². The Kier molecular flexibility index (Phi) is 2.94. The summed E-state index contributed by atoms with van der Waals surface area (Å²) in [7, 11) is 0. The molecule has 0 aromatic carbocycles. The quantitative estimate of drug-likeness (QED) is 0.828. The van der Waals surface area contributed by atoms with Gasteiger partial charge in [-0.25, -0.2) is 4.68 Å². The van der Waals surface area contributed by atoms with Gasteiger partial charge in [0.05, 0.1) is 5.69 Å². The van der Waals surface area contributed by atoms with Crippen LogP contribution < -0.4 is 10.2 Å². The van der Waals surface area contributed by atoms with Gasteiger partial charge in [0.15, 0.2) is 5.82 Å². The van der Waals surface area contributed by atoms with Crippen LogP contribution in [0.25, 0.3) is 0 Å². The second kappa shape index (κ2) is 4.44. The van der Waals surface area contributed by atoms with Gasteiger partial charge in [-0.1, -0.05) is 0 Å². The molecule has 17 heavy (non-hydrogen) atoms. The molecule has 0 spiro atoms. The van der Waals surface area contributed by atoms with Gasteiger partial charge in [-0.3, -0.25) is 0 Å². The Hall–Kier alpha value is -0.840. The molecule has 2 aliphatic heterocycles. The lowest BCUT2D eigenvalue weighted by Crippen LogP contribution is -2.43. The summed E-state index contributed by atoms with van der Waals surface area (Å²) in [5, 5.41) is 8.22. The molecule has 1 N–H and O–H groups in total. The smallest absolute Gasteiger partial charge is 0.151 e. The Morgan fingerprint density at radius 2 is 2.41 bits per heavy atom. The number of hydrogen-bond acceptors (Lipinski definition) is 4. The molecule has 0 saturated carbocycles. The van der Waals surface area contributed by atoms with Crippen molar-refractivity contribution in [1.29, 1.82) is 0 Å². The highest BCUT2D eigenvalue weighted by Gasteiger charge is 2.31. The van der Waals surface area contributed by atoms with Gasteiger partial charge in [-0.2, -0.15) is 16.9 Å². The molecule has 3 heterocycles. The molecule has 2 aliphatic rings. The minimum atomic E-state index is 0.684. The monoisotopic (exact) mass is 252 g/mol. The highest BCUT2D eigenvalue weighted by atomic mass is 32.2. The average molecular weight is 252 g/mol. The van der Waals surface area contributed by atoms with Crippen molar-refractivity contribution >= 4 is 23.3 Å². The van der Waals surface area contributed by atoms with E-state index in [-0.39, 0.29) is 0 Å². The average Bonchev–Trinajstić information content (AvgIpc) is 2.56. The number of aryl methyl sites for hydroxylation is 2. The highest BCUT2D eigenvalue weighted by Crippen LogP contribution is 2.36. The van der Waals surface area contributed by atoms with E-state index < -0.39 is 0 Å². The fourth-order valence-electron chi connectivity index (χ4n) is 2.83. The lowest BCUT2D eigenvalue weighted by molar-refractivity contribution is 0.575. The van der Waals surface area contributed by atoms with Gasteiger partial charge in [0.25, 0.3) is 0 Å². The Balaban J connectivity index is 2.06. The predicted octanol–water partition coefficient (Wildman–Crippen LogP) is 1.95. The number of hydrogen-bond donors (Lipinski definition) is 1. The van der Waals surface area contributed by atoms with Crippen molar-refractivity contribution in [3.8, 4) is 0 Å². The third kappa shape index (κ3) is 1.80. The van der Waals surface area contributed by atoms with Crippen LogP contribution in [0.3, 0.4) is 0 Å². The van der Waals surface area contributed by atoms with E-state index >= 15 is 0 Å². The molecule has 0 amide bonds. The summed E-state index contributed by atoms with van der Waals surface area (Å²) in [6.45, 7) is 7.47. The van der Waals surface area contributed by atoms with Crippen molar-refractivity contribution in [1.82, 2.24) is 9.78 Å². The van der Waals surface area contributed by atoms with E-state index in [1.165, 1.54) is 29.4 Å². The van der Waals surface area contributed by atoms with Crippen LogP contribution in [0.5, 0.6) is 0 Å². The molecule has 3 rings (SSSR count). The van der Waals surface area contributed by atoms with E-state index in [1.807, 2.05) is 0 Å². The summed E-state index contributed by atoms with van der Waals surface area (Å²) in [4.78, 5) is 2.58. The summed E-state index contributed by atoms with van der Waals surface area (Å²) in [5.41, 5.74) is 2.40. The molecule has 1 aromatic heterocycles. The zero-order chi connectivity index (χ0) is 11.8. The van der Waals surface area contributed by atoms with Crippen molar-refractivity contribution < 1.29 is 0 Å². The summed E-state index contributed by atoms with van der Waals surface area (Å²) in [5.74, 6) is 3.83. The number of nitrogens with one attached hydrogen (secondary N) is 1.